The van der Waals surface area contributed by atoms with Crippen LogP contribution < -0.4 is 0 Å². The molecule has 0 fully saturated rings. The number of carbonyl (C=O) groups excluding carboxylic acids is 1. The molecule has 3 nitrogen and oxygen atoms in total. The lowest BCUT2D eigenvalue weighted by Crippen LogP contribution is -2.01. The van der Waals surface area contributed by atoms with E-state index in [1.807, 2.05) is 35.7 Å². The Bertz CT molecular complexity index is 859. The number of benzene rings is 2. The summed E-state index contributed by atoms with van der Waals surface area (Å²) in [4.78, 5) is 16.2. The van der Waals surface area contributed by atoms with Crippen LogP contribution in [0.25, 0.3) is 16.6 Å². The first kappa shape index (κ1) is 16.1. The average Bonchev–Trinajstić information content (AvgIpc) is 3.09. The van der Waals surface area contributed by atoms with Gasteiger partial charge in [-0.25, -0.2) is 14.2 Å². The zero-order valence-electron chi connectivity index (χ0n) is 12.7. The Morgan fingerprint density at radius 3 is 2.67 bits per heavy atom. The first-order chi connectivity index (χ1) is 11.7. The quantitative estimate of drug-likeness (QED) is 0.499. The van der Waals surface area contributed by atoms with Crippen molar-refractivity contribution in [2.24, 2.45) is 0 Å². The molecule has 1 aromatic heterocycles. The summed E-state index contributed by atoms with van der Waals surface area (Å²) in [6.07, 6.45) is 2.61. The van der Waals surface area contributed by atoms with Gasteiger partial charge in [0, 0.05) is 22.6 Å². The van der Waals surface area contributed by atoms with E-state index < -0.39 is 5.97 Å². The van der Waals surface area contributed by atoms with Crippen molar-refractivity contribution in [3.05, 3.63) is 83.1 Å². The number of aromatic nitrogens is 1. The van der Waals surface area contributed by atoms with Crippen molar-refractivity contribution in [1.82, 2.24) is 4.98 Å². The fraction of sp³-hybridized carbons (Fsp3) is 0.0526. The third-order valence-corrected chi connectivity index (χ3v) is 4.18. The fourth-order valence-corrected chi connectivity index (χ4v) is 2.86. The number of thiazole rings is 1. The second kappa shape index (κ2) is 7.66. The predicted octanol–water partition coefficient (Wildman–Crippen LogP) is 4.71. The van der Waals surface area contributed by atoms with Crippen LogP contribution in [0, 0.1) is 5.82 Å². The molecule has 2 aromatic carbocycles. The van der Waals surface area contributed by atoms with Gasteiger partial charge in [0.25, 0.3) is 0 Å². The van der Waals surface area contributed by atoms with Crippen molar-refractivity contribution in [3.8, 4) is 10.6 Å². The first-order valence-electron chi connectivity index (χ1n) is 7.31. The molecule has 0 unspecified atom stereocenters. The third-order valence-electron chi connectivity index (χ3n) is 3.24. The molecule has 0 amide bonds. The van der Waals surface area contributed by atoms with E-state index in [2.05, 4.69) is 4.98 Å². The van der Waals surface area contributed by atoms with Gasteiger partial charge in [0.2, 0.25) is 0 Å². The summed E-state index contributed by atoms with van der Waals surface area (Å²) < 4.78 is 18.6. The number of carbonyl (C=O) groups is 1. The Morgan fingerprint density at radius 2 is 1.88 bits per heavy atom. The van der Waals surface area contributed by atoms with Gasteiger partial charge in [-0.15, -0.1) is 11.3 Å². The Morgan fingerprint density at radius 1 is 1.12 bits per heavy atom. The molecule has 0 saturated carbocycles. The van der Waals surface area contributed by atoms with Gasteiger partial charge in [-0.3, -0.25) is 0 Å². The Balaban J connectivity index is 1.57. The van der Waals surface area contributed by atoms with E-state index in [9.17, 15) is 9.18 Å². The van der Waals surface area contributed by atoms with Gasteiger partial charge in [0.05, 0.1) is 5.69 Å². The number of hydrogen-bond donors (Lipinski definition) is 0. The lowest BCUT2D eigenvalue weighted by atomic mass is 10.2. The molecule has 120 valence electrons. The van der Waals surface area contributed by atoms with Crippen LogP contribution in [-0.2, 0) is 16.1 Å². The molecule has 0 N–H and O–H groups in total. The van der Waals surface area contributed by atoms with E-state index in [-0.39, 0.29) is 12.4 Å². The zero-order valence-corrected chi connectivity index (χ0v) is 13.5. The Hall–Kier alpha value is -2.79. The summed E-state index contributed by atoms with van der Waals surface area (Å²) in [5.41, 5.74) is 2.06. The highest BCUT2D eigenvalue weighted by molar-refractivity contribution is 7.13. The van der Waals surface area contributed by atoms with Crippen molar-refractivity contribution in [2.45, 2.75) is 6.61 Å². The van der Waals surface area contributed by atoms with Crippen molar-refractivity contribution < 1.29 is 13.9 Å². The lowest BCUT2D eigenvalue weighted by molar-refractivity contribution is -0.139. The van der Waals surface area contributed by atoms with Crippen LogP contribution in [0.2, 0.25) is 0 Å². The monoisotopic (exact) mass is 339 g/mol. The van der Waals surface area contributed by atoms with Crippen LogP contribution in [-0.4, -0.2) is 11.0 Å². The standard InChI is InChI=1S/C19H14FNO2S/c20-17-9-5-4-6-14(17)10-11-18(22)23-12-16-13-24-19(21-16)15-7-2-1-3-8-15/h1-11,13H,12H2/b11-10+. The summed E-state index contributed by atoms with van der Waals surface area (Å²) in [7, 11) is 0. The second-order valence-electron chi connectivity index (χ2n) is 4.97. The number of halogens is 1. The minimum atomic E-state index is -0.535. The Kier molecular flexibility index (Phi) is 5.13. The molecule has 0 aliphatic heterocycles. The van der Waals surface area contributed by atoms with Crippen LogP contribution in [0.15, 0.2) is 66.1 Å². The number of rotatable bonds is 5. The molecule has 0 bridgehead atoms. The van der Waals surface area contributed by atoms with E-state index in [1.165, 1.54) is 29.6 Å². The summed E-state index contributed by atoms with van der Waals surface area (Å²) in [5, 5.41) is 2.74. The molecule has 0 aliphatic rings. The van der Waals surface area contributed by atoms with Gasteiger partial charge < -0.3 is 4.74 Å². The van der Waals surface area contributed by atoms with E-state index in [0.717, 1.165) is 10.6 Å². The van der Waals surface area contributed by atoms with Crippen LogP contribution >= 0.6 is 11.3 Å². The topological polar surface area (TPSA) is 39.2 Å². The molecule has 0 atom stereocenters. The molecule has 0 saturated heterocycles. The van der Waals surface area contributed by atoms with E-state index in [1.54, 1.807) is 18.2 Å². The van der Waals surface area contributed by atoms with Crippen LogP contribution in [0.1, 0.15) is 11.3 Å². The summed E-state index contributed by atoms with van der Waals surface area (Å²) in [6.45, 7) is 0.0871. The molecule has 0 aliphatic carbocycles. The molecule has 1 heterocycles. The predicted molar refractivity (Wildman–Crippen MR) is 92.8 cm³/mol. The van der Waals surface area contributed by atoms with Gasteiger partial charge in [-0.05, 0) is 12.1 Å². The number of esters is 1. The zero-order chi connectivity index (χ0) is 16.8. The van der Waals surface area contributed by atoms with Gasteiger partial charge in [0.15, 0.2) is 0 Å². The maximum absolute atomic E-state index is 13.4. The molecule has 5 heteroatoms. The SMILES string of the molecule is O=C(/C=C/c1ccccc1F)OCc1csc(-c2ccccc2)n1. The van der Waals surface area contributed by atoms with Gasteiger partial charge in [-0.1, -0.05) is 48.5 Å². The highest BCUT2D eigenvalue weighted by Gasteiger charge is 2.06. The summed E-state index contributed by atoms with van der Waals surface area (Å²) >= 11 is 1.50. The average molecular weight is 339 g/mol. The second-order valence-corrected chi connectivity index (χ2v) is 5.83. The lowest BCUT2D eigenvalue weighted by Gasteiger charge is -1.99. The van der Waals surface area contributed by atoms with Gasteiger partial charge >= 0.3 is 5.97 Å². The minimum absolute atomic E-state index is 0.0871. The number of ether oxygens (including phenoxy) is 1. The van der Waals surface area contributed by atoms with Gasteiger partial charge in [0.1, 0.15) is 17.4 Å². The number of nitrogens with zero attached hydrogens (tertiary/aromatic N) is 1. The minimum Gasteiger partial charge on any atom is -0.456 e. The molecule has 24 heavy (non-hydrogen) atoms. The van der Waals surface area contributed by atoms with Crippen molar-refractivity contribution >= 4 is 23.4 Å². The fourth-order valence-electron chi connectivity index (χ4n) is 2.05. The molecule has 0 spiro atoms. The van der Waals surface area contributed by atoms with Crippen molar-refractivity contribution in [2.75, 3.05) is 0 Å². The van der Waals surface area contributed by atoms with Gasteiger partial charge in [-0.2, -0.15) is 0 Å². The van der Waals surface area contributed by atoms with Crippen molar-refractivity contribution in [3.63, 3.8) is 0 Å². The third kappa shape index (κ3) is 4.14. The van der Waals surface area contributed by atoms with Crippen LogP contribution in [0.5, 0.6) is 0 Å². The molecule has 3 aromatic rings. The molecular formula is C19H14FNO2S. The highest BCUT2D eigenvalue weighted by atomic mass is 32.1. The summed E-state index contributed by atoms with van der Waals surface area (Å²) in [5.74, 6) is -0.916. The molecule has 3 rings (SSSR count). The molecule has 0 radical (unpaired) electrons. The smallest absolute Gasteiger partial charge is 0.331 e. The van der Waals surface area contributed by atoms with Crippen molar-refractivity contribution in [1.29, 1.82) is 0 Å². The largest absolute Gasteiger partial charge is 0.456 e. The first-order valence-corrected chi connectivity index (χ1v) is 8.19. The van der Waals surface area contributed by atoms with Crippen LogP contribution in [0.4, 0.5) is 4.39 Å². The highest BCUT2D eigenvalue weighted by Crippen LogP contribution is 2.23. The van der Waals surface area contributed by atoms with E-state index >= 15 is 0 Å². The summed E-state index contributed by atoms with van der Waals surface area (Å²) in [6, 6.07) is 16.0. The number of hydrogen-bond acceptors (Lipinski definition) is 4. The maximum atomic E-state index is 13.4. The van der Waals surface area contributed by atoms with E-state index in [0.29, 0.717) is 11.3 Å². The maximum Gasteiger partial charge on any atom is 0.331 e. The van der Waals surface area contributed by atoms with E-state index in [4.69, 9.17) is 4.74 Å². The Labute approximate surface area is 143 Å². The normalized spacial score (nSPS) is 10.9. The molecular weight excluding hydrogens is 325 g/mol. The van der Waals surface area contributed by atoms with Crippen LogP contribution in [0.3, 0.4) is 0 Å².